The Labute approximate surface area is 129 Å². The summed E-state index contributed by atoms with van der Waals surface area (Å²) in [7, 11) is 3.43. The van der Waals surface area contributed by atoms with Crippen molar-refractivity contribution in [3.8, 4) is 5.75 Å². The van der Waals surface area contributed by atoms with E-state index in [-0.39, 0.29) is 18.1 Å². The van der Waals surface area contributed by atoms with Gasteiger partial charge < -0.3 is 15.0 Å². The predicted octanol–water partition coefficient (Wildman–Crippen LogP) is 2.80. The zero-order valence-electron chi connectivity index (χ0n) is 12.8. The van der Waals surface area contributed by atoms with Gasteiger partial charge >= 0.3 is 0 Å². The zero-order chi connectivity index (χ0) is 15.3. The van der Waals surface area contributed by atoms with Crippen LogP contribution in [0.3, 0.4) is 0 Å². The second kappa shape index (κ2) is 7.09. The van der Waals surface area contributed by atoms with E-state index < -0.39 is 0 Å². The number of carbonyl (C=O) groups excluding carboxylic acids is 1. The fraction of sp³-hybridized carbons (Fsp3) is 0.533. The molecule has 0 saturated carbocycles. The molecule has 0 aliphatic heterocycles. The first-order valence-corrected chi connectivity index (χ1v) is 7.35. The molecular formula is C15H23BrN2O2. The van der Waals surface area contributed by atoms with E-state index in [0.29, 0.717) is 5.75 Å². The normalized spacial score (nSPS) is 11.3. The van der Waals surface area contributed by atoms with Crippen LogP contribution in [0.25, 0.3) is 0 Å². The van der Waals surface area contributed by atoms with Gasteiger partial charge in [0.1, 0.15) is 5.75 Å². The van der Waals surface area contributed by atoms with Crippen LogP contribution in [0.4, 0.5) is 0 Å². The molecule has 1 N–H and O–H groups in total. The Morgan fingerprint density at radius 2 is 2.00 bits per heavy atom. The lowest BCUT2D eigenvalue weighted by atomic mass is 10.1. The van der Waals surface area contributed by atoms with Crippen LogP contribution in [0.5, 0.6) is 5.75 Å². The van der Waals surface area contributed by atoms with Crippen LogP contribution in [0.2, 0.25) is 0 Å². The summed E-state index contributed by atoms with van der Waals surface area (Å²) in [5.41, 5.74) is 1.16. The number of nitrogens with zero attached hydrogens (tertiary/aromatic N) is 1. The first kappa shape index (κ1) is 17.0. The van der Waals surface area contributed by atoms with Crippen molar-refractivity contribution in [2.75, 3.05) is 20.7 Å². The molecule has 112 valence electrons. The van der Waals surface area contributed by atoms with Gasteiger partial charge in [-0.3, -0.25) is 4.79 Å². The van der Waals surface area contributed by atoms with Gasteiger partial charge in [-0.2, -0.15) is 0 Å². The van der Waals surface area contributed by atoms with Crippen molar-refractivity contribution in [3.63, 3.8) is 0 Å². The first-order valence-electron chi connectivity index (χ1n) is 6.55. The molecule has 0 radical (unpaired) electrons. The third-order valence-corrected chi connectivity index (χ3v) is 3.46. The van der Waals surface area contributed by atoms with Gasteiger partial charge in [0.15, 0.2) is 6.61 Å². The standard InChI is InChI=1S/C15H23BrN2O2/c1-15(2,3)17-9-11-8-12(6-7-13(11)16)20-10-14(19)18(4)5/h6-8,17H,9-10H2,1-5H3. The number of halogens is 1. The Balaban J connectivity index is 2.68. The lowest BCUT2D eigenvalue weighted by Crippen LogP contribution is -2.35. The quantitative estimate of drug-likeness (QED) is 0.894. The van der Waals surface area contributed by atoms with E-state index in [2.05, 4.69) is 42.0 Å². The maximum atomic E-state index is 11.5. The van der Waals surface area contributed by atoms with E-state index in [1.165, 1.54) is 4.90 Å². The summed E-state index contributed by atoms with van der Waals surface area (Å²) in [4.78, 5) is 13.0. The Morgan fingerprint density at radius 1 is 1.35 bits per heavy atom. The van der Waals surface area contributed by atoms with E-state index in [1.807, 2.05) is 18.2 Å². The number of nitrogens with one attached hydrogen (secondary N) is 1. The highest BCUT2D eigenvalue weighted by atomic mass is 79.9. The number of ether oxygens (including phenoxy) is 1. The summed E-state index contributed by atoms with van der Waals surface area (Å²) in [6.45, 7) is 7.16. The van der Waals surface area contributed by atoms with Crippen LogP contribution in [0.1, 0.15) is 26.3 Å². The monoisotopic (exact) mass is 342 g/mol. The zero-order valence-corrected chi connectivity index (χ0v) is 14.4. The lowest BCUT2D eigenvalue weighted by molar-refractivity contribution is -0.130. The molecule has 1 aromatic rings. The highest BCUT2D eigenvalue weighted by Gasteiger charge is 2.11. The average Bonchev–Trinajstić information content (AvgIpc) is 2.34. The fourth-order valence-electron chi connectivity index (χ4n) is 1.41. The third kappa shape index (κ3) is 5.92. The summed E-state index contributed by atoms with van der Waals surface area (Å²) in [5, 5.41) is 3.43. The molecule has 1 aromatic carbocycles. The van der Waals surface area contributed by atoms with Gasteiger partial charge in [-0.15, -0.1) is 0 Å². The van der Waals surface area contributed by atoms with Crippen LogP contribution >= 0.6 is 15.9 Å². The van der Waals surface area contributed by atoms with E-state index >= 15 is 0 Å². The molecule has 20 heavy (non-hydrogen) atoms. The summed E-state index contributed by atoms with van der Waals surface area (Å²) >= 11 is 3.53. The molecule has 0 heterocycles. The maximum Gasteiger partial charge on any atom is 0.259 e. The molecular weight excluding hydrogens is 320 g/mol. The molecule has 1 amide bonds. The molecule has 5 heteroatoms. The van der Waals surface area contributed by atoms with Crippen LogP contribution in [-0.4, -0.2) is 37.0 Å². The number of benzene rings is 1. The minimum atomic E-state index is -0.0534. The predicted molar refractivity (Wildman–Crippen MR) is 84.9 cm³/mol. The van der Waals surface area contributed by atoms with Gasteiger partial charge in [0, 0.05) is 30.7 Å². The summed E-state index contributed by atoms with van der Waals surface area (Å²) in [6.07, 6.45) is 0. The molecule has 0 aliphatic carbocycles. The van der Waals surface area contributed by atoms with Gasteiger partial charge in [0.25, 0.3) is 5.91 Å². The largest absolute Gasteiger partial charge is 0.484 e. The number of hydrogen-bond donors (Lipinski definition) is 1. The smallest absolute Gasteiger partial charge is 0.259 e. The number of rotatable bonds is 5. The van der Waals surface area contributed by atoms with Gasteiger partial charge in [0.2, 0.25) is 0 Å². The second-order valence-corrected chi connectivity index (χ2v) is 6.79. The van der Waals surface area contributed by atoms with Gasteiger partial charge in [-0.05, 0) is 44.5 Å². The molecule has 0 aliphatic rings. The average molecular weight is 343 g/mol. The van der Waals surface area contributed by atoms with Crippen LogP contribution in [0, 0.1) is 0 Å². The second-order valence-electron chi connectivity index (χ2n) is 5.93. The fourth-order valence-corrected chi connectivity index (χ4v) is 1.80. The first-order chi connectivity index (χ1) is 9.19. The van der Waals surface area contributed by atoms with E-state index in [9.17, 15) is 4.79 Å². The van der Waals surface area contributed by atoms with Crippen molar-refractivity contribution in [2.45, 2.75) is 32.9 Å². The molecule has 0 fully saturated rings. The summed E-state index contributed by atoms with van der Waals surface area (Å²) in [5.74, 6) is 0.649. The van der Waals surface area contributed by atoms with Crippen LogP contribution in [-0.2, 0) is 11.3 Å². The molecule has 4 nitrogen and oxygen atoms in total. The molecule has 0 bridgehead atoms. The number of amides is 1. The third-order valence-electron chi connectivity index (χ3n) is 2.69. The van der Waals surface area contributed by atoms with Gasteiger partial charge in [-0.25, -0.2) is 0 Å². The highest BCUT2D eigenvalue weighted by Crippen LogP contribution is 2.23. The van der Waals surface area contributed by atoms with Crippen molar-refractivity contribution >= 4 is 21.8 Å². The lowest BCUT2D eigenvalue weighted by Gasteiger charge is -2.21. The van der Waals surface area contributed by atoms with Crippen molar-refractivity contribution in [3.05, 3.63) is 28.2 Å². The van der Waals surface area contributed by atoms with E-state index in [1.54, 1.807) is 14.1 Å². The minimum Gasteiger partial charge on any atom is -0.484 e. The number of carbonyl (C=O) groups is 1. The van der Waals surface area contributed by atoms with Crippen LogP contribution < -0.4 is 10.1 Å². The Bertz CT molecular complexity index is 467. The molecule has 1 rings (SSSR count). The van der Waals surface area contributed by atoms with Crippen molar-refractivity contribution in [1.82, 2.24) is 10.2 Å². The summed E-state index contributed by atoms with van der Waals surface area (Å²) in [6, 6.07) is 5.74. The maximum absolute atomic E-state index is 11.5. The minimum absolute atomic E-state index is 0.0528. The Kier molecular flexibility index (Phi) is 6.02. The van der Waals surface area contributed by atoms with Crippen molar-refractivity contribution < 1.29 is 9.53 Å². The van der Waals surface area contributed by atoms with E-state index in [0.717, 1.165) is 16.6 Å². The van der Waals surface area contributed by atoms with Crippen molar-refractivity contribution in [2.24, 2.45) is 0 Å². The number of likely N-dealkylation sites (N-methyl/N-ethyl adjacent to an activating group) is 1. The van der Waals surface area contributed by atoms with Crippen molar-refractivity contribution in [1.29, 1.82) is 0 Å². The molecule has 0 aromatic heterocycles. The molecule has 0 spiro atoms. The number of hydrogen-bond acceptors (Lipinski definition) is 3. The SMILES string of the molecule is CN(C)C(=O)COc1ccc(Br)c(CNC(C)(C)C)c1. The molecule has 0 atom stereocenters. The Hall–Kier alpha value is -1.07. The van der Waals surface area contributed by atoms with E-state index in [4.69, 9.17) is 4.74 Å². The van der Waals surface area contributed by atoms with Gasteiger partial charge in [-0.1, -0.05) is 15.9 Å². The summed E-state index contributed by atoms with van der Waals surface area (Å²) < 4.78 is 6.55. The van der Waals surface area contributed by atoms with Gasteiger partial charge in [0.05, 0.1) is 0 Å². The topological polar surface area (TPSA) is 41.6 Å². The molecule has 0 unspecified atom stereocenters. The highest BCUT2D eigenvalue weighted by molar-refractivity contribution is 9.10. The van der Waals surface area contributed by atoms with Crippen LogP contribution in [0.15, 0.2) is 22.7 Å². The Morgan fingerprint density at radius 3 is 2.55 bits per heavy atom. The molecule has 0 saturated heterocycles.